The Labute approximate surface area is 131 Å². The van der Waals surface area contributed by atoms with Crippen LogP contribution in [0.1, 0.15) is 32.4 Å². The number of alkyl carbamates (subject to hydrolysis) is 1. The molecule has 0 aliphatic carbocycles. The van der Waals surface area contributed by atoms with Crippen molar-refractivity contribution in [3.63, 3.8) is 0 Å². The molecule has 1 atom stereocenters. The Morgan fingerprint density at radius 1 is 1.36 bits per heavy atom. The predicted molar refractivity (Wildman–Crippen MR) is 76.3 cm³/mol. The van der Waals surface area contributed by atoms with Crippen LogP contribution in [-0.2, 0) is 9.53 Å². The van der Waals surface area contributed by atoms with Crippen molar-refractivity contribution in [1.82, 2.24) is 5.32 Å². The molecule has 122 valence electrons. The summed E-state index contributed by atoms with van der Waals surface area (Å²) < 4.78 is 34.1. The van der Waals surface area contributed by atoms with E-state index < -0.39 is 24.3 Å². The van der Waals surface area contributed by atoms with Crippen LogP contribution in [0.15, 0.2) is 18.2 Å². The molecule has 0 spiro atoms. The van der Waals surface area contributed by atoms with E-state index in [0.29, 0.717) is 6.29 Å². The van der Waals surface area contributed by atoms with E-state index in [4.69, 9.17) is 16.3 Å². The minimum atomic E-state index is -3.08. The minimum Gasteiger partial charge on any atom is -0.444 e. The van der Waals surface area contributed by atoms with Gasteiger partial charge in [-0.25, -0.2) is 4.79 Å². The first-order chi connectivity index (χ1) is 10.1. The number of aldehydes is 1. The molecule has 22 heavy (non-hydrogen) atoms. The largest absolute Gasteiger partial charge is 0.444 e. The van der Waals surface area contributed by atoms with Crippen LogP contribution in [-0.4, -0.2) is 24.6 Å². The van der Waals surface area contributed by atoms with E-state index in [9.17, 15) is 18.4 Å². The molecule has 1 aromatic carbocycles. The monoisotopic (exact) mass is 335 g/mol. The van der Waals surface area contributed by atoms with Crippen LogP contribution in [0.5, 0.6) is 5.75 Å². The zero-order valence-electron chi connectivity index (χ0n) is 12.2. The Morgan fingerprint density at radius 2 is 2.00 bits per heavy atom. The average molecular weight is 336 g/mol. The Morgan fingerprint density at radius 3 is 2.50 bits per heavy atom. The maximum absolute atomic E-state index is 12.4. The number of benzene rings is 1. The summed E-state index contributed by atoms with van der Waals surface area (Å²) in [6.07, 6.45) is -0.499. The number of carbonyl (C=O) groups excluding carboxylic acids is 2. The first kappa shape index (κ1) is 18.2. The van der Waals surface area contributed by atoms with Gasteiger partial charge in [0.2, 0.25) is 0 Å². The highest BCUT2D eigenvalue weighted by Crippen LogP contribution is 2.29. The summed E-state index contributed by atoms with van der Waals surface area (Å²) in [7, 11) is 0. The van der Waals surface area contributed by atoms with Gasteiger partial charge in [0.1, 0.15) is 23.7 Å². The Balaban J connectivity index is 3.01. The van der Waals surface area contributed by atoms with E-state index in [0.717, 1.165) is 0 Å². The lowest BCUT2D eigenvalue weighted by atomic mass is 10.1. The van der Waals surface area contributed by atoms with E-state index >= 15 is 0 Å². The van der Waals surface area contributed by atoms with E-state index in [1.165, 1.54) is 18.2 Å². The quantitative estimate of drug-likeness (QED) is 0.833. The fraction of sp³-hybridized carbons (Fsp3) is 0.429. The molecule has 0 aliphatic heterocycles. The SMILES string of the molecule is CC(C)(C)OC(=O)NC(C=O)c1cc(Cl)ccc1OC(F)F. The second-order valence-corrected chi connectivity index (χ2v) is 5.76. The van der Waals surface area contributed by atoms with Crippen molar-refractivity contribution < 1.29 is 27.8 Å². The maximum Gasteiger partial charge on any atom is 0.408 e. The van der Waals surface area contributed by atoms with Gasteiger partial charge in [-0.3, -0.25) is 0 Å². The summed E-state index contributed by atoms with van der Waals surface area (Å²) in [5, 5.41) is 2.47. The summed E-state index contributed by atoms with van der Waals surface area (Å²) >= 11 is 5.79. The molecule has 0 radical (unpaired) electrons. The molecule has 5 nitrogen and oxygen atoms in total. The van der Waals surface area contributed by atoms with Crippen LogP contribution in [0.3, 0.4) is 0 Å². The van der Waals surface area contributed by atoms with Gasteiger partial charge in [-0.1, -0.05) is 11.6 Å². The smallest absolute Gasteiger partial charge is 0.408 e. The number of alkyl halides is 2. The summed E-state index contributed by atoms with van der Waals surface area (Å²) in [5.74, 6) is -0.257. The van der Waals surface area contributed by atoms with E-state index in [2.05, 4.69) is 10.1 Å². The molecule has 0 aromatic heterocycles. The highest BCUT2D eigenvalue weighted by atomic mass is 35.5. The number of hydrogen-bond acceptors (Lipinski definition) is 4. The van der Waals surface area contributed by atoms with E-state index in [-0.39, 0.29) is 16.3 Å². The molecule has 0 bridgehead atoms. The first-order valence-electron chi connectivity index (χ1n) is 6.31. The minimum absolute atomic E-state index is 0.00802. The lowest BCUT2D eigenvalue weighted by Crippen LogP contribution is -2.35. The molecule has 1 rings (SSSR count). The highest BCUT2D eigenvalue weighted by Gasteiger charge is 2.23. The first-order valence-corrected chi connectivity index (χ1v) is 6.69. The van der Waals surface area contributed by atoms with E-state index in [1.54, 1.807) is 20.8 Å². The van der Waals surface area contributed by atoms with Crippen molar-refractivity contribution in [2.45, 2.75) is 39.0 Å². The van der Waals surface area contributed by atoms with Crippen LogP contribution in [0.4, 0.5) is 13.6 Å². The third kappa shape index (κ3) is 5.85. The molecule has 0 fully saturated rings. The van der Waals surface area contributed by atoms with Gasteiger partial charge in [0, 0.05) is 10.6 Å². The Bertz CT molecular complexity index is 546. The van der Waals surface area contributed by atoms with Crippen molar-refractivity contribution in [3.05, 3.63) is 28.8 Å². The third-order valence-corrected chi connectivity index (χ3v) is 2.57. The highest BCUT2D eigenvalue weighted by molar-refractivity contribution is 6.30. The maximum atomic E-state index is 12.4. The van der Waals surface area contributed by atoms with Gasteiger partial charge in [0.05, 0.1) is 0 Å². The van der Waals surface area contributed by atoms with Gasteiger partial charge in [-0.2, -0.15) is 8.78 Å². The summed E-state index contributed by atoms with van der Waals surface area (Å²) in [5.41, 5.74) is -0.762. The number of halogens is 3. The van der Waals surface area contributed by atoms with E-state index in [1.807, 2.05) is 0 Å². The topological polar surface area (TPSA) is 64.6 Å². The molecule has 1 N–H and O–H groups in total. The lowest BCUT2D eigenvalue weighted by Gasteiger charge is -2.22. The van der Waals surface area contributed by atoms with Crippen molar-refractivity contribution in [3.8, 4) is 5.75 Å². The number of hydrogen-bond donors (Lipinski definition) is 1. The Kier molecular flexibility index (Phi) is 6.11. The molecule has 1 amide bonds. The van der Waals surface area contributed by atoms with Crippen LogP contribution >= 0.6 is 11.6 Å². The zero-order chi connectivity index (χ0) is 16.9. The van der Waals surface area contributed by atoms with Crippen molar-refractivity contribution >= 4 is 24.0 Å². The number of ether oxygens (including phenoxy) is 2. The van der Waals surface area contributed by atoms with Gasteiger partial charge in [-0.15, -0.1) is 0 Å². The number of amides is 1. The van der Waals surface area contributed by atoms with Crippen molar-refractivity contribution in [2.24, 2.45) is 0 Å². The van der Waals surface area contributed by atoms with Gasteiger partial charge < -0.3 is 19.6 Å². The number of rotatable bonds is 5. The molecule has 0 heterocycles. The average Bonchev–Trinajstić information content (AvgIpc) is 2.35. The lowest BCUT2D eigenvalue weighted by molar-refractivity contribution is -0.110. The van der Waals surface area contributed by atoms with Gasteiger partial charge in [0.15, 0.2) is 0 Å². The molecule has 0 aliphatic rings. The normalized spacial score (nSPS) is 12.7. The summed E-state index contributed by atoms with van der Waals surface area (Å²) in [6.45, 7) is 1.86. The van der Waals surface area contributed by atoms with Crippen LogP contribution in [0.25, 0.3) is 0 Å². The van der Waals surface area contributed by atoms with Gasteiger partial charge in [-0.05, 0) is 39.0 Å². The molecule has 8 heteroatoms. The second-order valence-electron chi connectivity index (χ2n) is 5.32. The number of carbonyl (C=O) groups is 2. The Hall–Kier alpha value is -1.89. The summed E-state index contributed by atoms with van der Waals surface area (Å²) in [4.78, 5) is 22.9. The van der Waals surface area contributed by atoms with Crippen LogP contribution < -0.4 is 10.1 Å². The molecule has 1 unspecified atom stereocenters. The van der Waals surface area contributed by atoms with Gasteiger partial charge in [0.25, 0.3) is 0 Å². The third-order valence-electron chi connectivity index (χ3n) is 2.33. The van der Waals surface area contributed by atoms with Crippen LogP contribution in [0, 0.1) is 0 Å². The molecule has 0 saturated carbocycles. The zero-order valence-corrected chi connectivity index (χ0v) is 13.0. The fourth-order valence-corrected chi connectivity index (χ4v) is 1.77. The standard InChI is InChI=1S/C14H16ClF2NO4/c1-14(2,3)22-13(20)18-10(7-19)9-6-8(15)4-5-11(9)21-12(16)17/h4-7,10,12H,1-3H3,(H,18,20). The van der Waals surface area contributed by atoms with Crippen LogP contribution in [0.2, 0.25) is 5.02 Å². The fourth-order valence-electron chi connectivity index (χ4n) is 1.59. The number of nitrogens with one attached hydrogen (secondary N) is 1. The molecular weight excluding hydrogens is 320 g/mol. The second kappa shape index (κ2) is 7.40. The van der Waals surface area contributed by atoms with Crippen molar-refractivity contribution in [1.29, 1.82) is 0 Å². The van der Waals surface area contributed by atoms with Crippen molar-refractivity contribution in [2.75, 3.05) is 0 Å². The predicted octanol–water partition coefficient (Wildman–Crippen LogP) is 3.71. The van der Waals surface area contributed by atoms with Gasteiger partial charge >= 0.3 is 12.7 Å². The molecule has 0 saturated heterocycles. The summed E-state index contributed by atoms with van der Waals surface area (Å²) in [6, 6.07) is 2.55. The molecular formula is C14H16ClF2NO4. The molecule has 1 aromatic rings.